The molecular formula is C13H19N3O3. The van der Waals surface area contributed by atoms with E-state index < -0.39 is 5.97 Å². The summed E-state index contributed by atoms with van der Waals surface area (Å²) >= 11 is 0. The van der Waals surface area contributed by atoms with Crippen LogP contribution in [0.25, 0.3) is 0 Å². The van der Waals surface area contributed by atoms with E-state index in [9.17, 15) is 9.59 Å². The molecule has 104 valence electrons. The van der Waals surface area contributed by atoms with E-state index in [1.165, 1.54) is 7.11 Å². The predicted molar refractivity (Wildman–Crippen MR) is 74.1 cm³/mol. The van der Waals surface area contributed by atoms with Gasteiger partial charge in [-0.15, -0.1) is 0 Å². The SMILES string of the molecule is CCNC(=O)CN(C)c1cc(C(=O)OC)ccc1N. The Balaban J connectivity index is 2.92. The van der Waals surface area contributed by atoms with Crippen LogP contribution in [0.3, 0.4) is 0 Å². The molecule has 0 heterocycles. The van der Waals surface area contributed by atoms with Gasteiger partial charge in [0.15, 0.2) is 0 Å². The molecule has 0 spiro atoms. The van der Waals surface area contributed by atoms with Gasteiger partial charge in [0.1, 0.15) is 0 Å². The molecule has 0 saturated heterocycles. The maximum absolute atomic E-state index is 11.5. The number of nitrogens with zero attached hydrogens (tertiary/aromatic N) is 1. The molecule has 0 bridgehead atoms. The Hall–Kier alpha value is -2.24. The summed E-state index contributed by atoms with van der Waals surface area (Å²) in [6.07, 6.45) is 0. The van der Waals surface area contributed by atoms with Gasteiger partial charge in [-0.1, -0.05) is 0 Å². The molecule has 1 amide bonds. The summed E-state index contributed by atoms with van der Waals surface area (Å²) in [4.78, 5) is 24.7. The van der Waals surface area contributed by atoms with E-state index in [2.05, 4.69) is 10.1 Å². The maximum Gasteiger partial charge on any atom is 0.337 e. The highest BCUT2D eigenvalue weighted by Crippen LogP contribution is 2.23. The molecule has 0 aliphatic heterocycles. The normalized spacial score (nSPS) is 9.84. The standard InChI is InChI=1S/C13H19N3O3/c1-4-15-12(17)8-16(2)11-7-9(13(18)19-3)5-6-10(11)14/h5-7H,4,8,14H2,1-3H3,(H,15,17). The third kappa shape index (κ3) is 3.87. The largest absolute Gasteiger partial charge is 0.465 e. The van der Waals surface area contributed by atoms with Gasteiger partial charge in [0.05, 0.1) is 30.6 Å². The first-order chi connectivity index (χ1) is 8.99. The fraction of sp³-hybridized carbons (Fsp3) is 0.385. The van der Waals surface area contributed by atoms with Crippen LogP contribution >= 0.6 is 0 Å². The number of nitrogen functional groups attached to an aromatic ring is 1. The molecule has 1 rings (SSSR count). The number of nitrogens with one attached hydrogen (secondary N) is 1. The zero-order chi connectivity index (χ0) is 14.4. The third-order valence-corrected chi connectivity index (χ3v) is 2.62. The smallest absolute Gasteiger partial charge is 0.337 e. The van der Waals surface area contributed by atoms with E-state index in [1.807, 2.05) is 6.92 Å². The highest BCUT2D eigenvalue weighted by molar-refractivity contribution is 5.92. The number of hydrogen-bond acceptors (Lipinski definition) is 5. The lowest BCUT2D eigenvalue weighted by Crippen LogP contribution is -2.35. The lowest BCUT2D eigenvalue weighted by Gasteiger charge is -2.21. The van der Waals surface area contributed by atoms with Crippen LogP contribution in [0.2, 0.25) is 0 Å². The first-order valence-electron chi connectivity index (χ1n) is 5.95. The van der Waals surface area contributed by atoms with Gasteiger partial charge in [-0.25, -0.2) is 4.79 Å². The van der Waals surface area contributed by atoms with Crippen LogP contribution < -0.4 is 16.0 Å². The topological polar surface area (TPSA) is 84.7 Å². The van der Waals surface area contributed by atoms with Crippen LogP contribution in [0.1, 0.15) is 17.3 Å². The van der Waals surface area contributed by atoms with E-state index in [-0.39, 0.29) is 12.5 Å². The van der Waals surface area contributed by atoms with Crippen LogP contribution in [0.4, 0.5) is 11.4 Å². The summed E-state index contributed by atoms with van der Waals surface area (Å²) in [7, 11) is 3.05. The predicted octanol–water partition coefficient (Wildman–Crippen LogP) is 0.628. The van der Waals surface area contributed by atoms with Crippen LogP contribution in [-0.2, 0) is 9.53 Å². The molecule has 1 aromatic rings. The number of carbonyl (C=O) groups is 2. The Bertz CT molecular complexity index is 474. The maximum atomic E-state index is 11.5. The highest BCUT2D eigenvalue weighted by atomic mass is 16.5. The number of likely N-dealkylation sites (N-methyl/N-ethyl adjacent to an activating group) is 2. The second kappa shape index (κ2) is 6.63. The van der Waals surface area contributed by atoms with Crippen molar-refractivity contribution in [1.29, 1.82) is 0 Å². The van der Waals surface area contributed by atoms with Crippen molar-refractivity contribution >= 4 is 23.3 Å². The summed E-state index contributed by atoms with van der Waals surface area (Å²) in [5.74, 6) is -0.541. The number of esters is 1. The molecule has 1 aromatic carbocycles. The molecule has 6 nitrogen and oxygen atoms in total. The first kappa shape index (κ1) is 14.8. The molecule has 0 radical (unpaired) electrons. The number of ether oxygens (including phenoxy) is 1. The first-order valence-corrected chi connectivity index (χ1v) is 5.95. The molecule has 19 heavy (non-hydrogen) atoms. The van der Waals surface area contributed by atoms with Crippen molar-refractivity contribution in [3.05, 3.63) is 23.8 Å². The van der Waals surface area contributed by atoms with Crippen LogP contribution in [-0.4, -0.2) is 39.1 Å². The number of nitrogens with two attached hydrogens (primary N) is 1. The number of amides is 1. The van der Waals surface area contributed by atoms with Gasteiger partial charge in [0.2, 0.25) is 5.91 Å². The third-order valence-electron chi connectivity index (χ3n) is 2.62. The lowest BCUT2D eigenvalue weighted by molar-refractivity contribution is -0.119. The summed E-state index contributed by atoms with van der Waals surface area (Å²) < 4.78 is 4.65. The fourth-order valence-corrected chi connectivity index (χ4v) is 1.67. The number of anilines is 2. The Kier molecular flexibility index (Phi) is 5.17. The van der Waals surface area contributed by atoms with Crippen molar-refractivity contribution in [2.24, 2.45) is 0 Å². The second-order valence-electron chi connectivity index (χ2n) is 4.07. The summed E-state index contributed by atoms with van der Waals surface area (Å²) in [5.41, 5.74) is 7.37. The minimum atomic E-state index is -0.437. The second-order valence-corrected chi connectivity index (χ2v) is 4.07. The lowest BCUT2D eigenvalue weighted by atomic mass is 10.1. The average molecular weight is 265 g/mol. The van der Waals surface area contributed by atoms with Crippen molar-refractivity contribution in [2.75, 3.05) is 37.9 Å². The zero-order valence-electron chi connectivity index (χ0n) is 11.4. The molecule has 0 aliphatic carbocycles. The molecule has 3 N–H and O–H groups in total. The summed E-state index contributed by atoms with van der Waals surface area (Å²) in [6.45, 7) is 2.59. The average Bonchev–Trinajstić information content (AvgIpc) is 2.38. The molecule has 0 aromatic heterocycles. The molecular weight excluding hydrogens is 246 g/mol. The van der Waals surface area contributed by atoms with Gasteiger partial charge < -0.3 is 20.7 Å². The molecule has 6 heteroatoms. The van der Waals surface area contributed by atoms with Crippen molar-refractivity contribution in [1.82, 2.24) is 5.32 Å². The number of carbonyl (C=O) groups excluding carboxylic acids is 2. The van der Waals surface area contributed by atoms with E-state index in [0.29, 0.717) is 23.5 Å². The van der Waals surface area contributed by atoms with Gasteiger partial charge >= 0.3 is 5.97 Å². The summed E-state index contributed by atoms with van der Waals surface area (Å²) in [5, 5.41) is 2.70. The molecule has 0 fully saturated rings. The van der Waals surface area contributed by atoms with Crippen LogP contribution in [0, 0.1) is 0 Å². The van der Waals surface area contributed by atoms with E-state index >= 15 is 0 Å². The van der Waals surface area contributed by atoms with E-state index in [4.69, 9.17) is 5.73 Å². The van der Waals surface area contributed by atoms with Crippen LogP contribution in [0.15, 0.2) is 18.2 Å². The Labute approximate surface area is 112 Å². The van der Waals surface area contributed by atoms with Gasteiger partial charge in [-0.2, -0.15) is 0 Å². The number of methoxy groups -OCH3 is 1. The Morgan fingerprint density at radius 1 is 1.42 bits per heavy atom. The zero-order valence-corrected chi connectivity index (χ0v) is 11.4. The Morgan fingerprint density at radius 3 is 2.68 bits per heavy atom. The van der Waals surface area contributed by atoms with Crippen molar-refractivity contribution in [3.8, 4) is 0 Å². The van der Waals surface area contributed by atoms with Crippen molar-refractivity contribution in [3.63, 3.8) is 0 Å². The molecule has 0 saturated carbocycles. The van der Waals surface area contributed by atoms with Gasteiger partial charge in [0.25, 0.3) is 0 Å². The minimum absolute atomic E-state index is 0.104. The van der Waals surface area contributed by atoms with Crippen molar-refractivity contribution in [2.45, 2.75) is 6.92 Å². The van der Waals surface area contributed by atoms with Crippen molar-refractivity contribution < 1.29 is 14.3 Å². The fourth-order valence-electron chi connectivity index (χ4n) is 1.67. The highest BCUT2D eigenvalue weighted by Gasteiger charge is 2.13. The van der Waals surface area contributed by atoms with Gasteiger partial charge in [0, 0.05) is 13.6 Å². The minimum Gasteiger partial charge on any atom is -0.465 e. The van der Waals surface area contributed by atoms with Gasteiger partial charge in [-0.05, 0) is 25.1 Å². The quantitative estimate of drug-likeness (QED) is 0.602. The number of hydrogen-bond donors (Lipinski definition) is 2. The molecule has 0 unspecified atom stereocenters. The van der Waals surface area contributed by atoms with Gasteiger partial charge in [-0.3, -0.25) is 4.79 Å². The van der Waals surface area contributed by atoms with Crippen LogP contribution in [0.5, 0.6) is 0 Å². The molecule has 0 aliphatic rings. The van der Waals surface area contributed by atoms with E-state index in [1.54, 1.807) is 30.1 Å². The number of benzene rings is 1. The Morgan fingerprint density at radius 2 is 2.11 bits per heavy atom. The monoisotopic (exact) mass is 265 g/mol. The summed E-state index contributed by atoms with van der Waals surface area (Å²) in [6, 6.07) is 4.82. The number of rotatable bonds is 5. The molecule has 0 atom stereocenters. The van der Waals surface area contributed by atoms with E-state index in [0.717, 1.165) is 0 Å².